The molecule has 6 aromatic heterocycles. The number of nitrogens with zero attached hydrogens (tertiary/aromatic N) is 8. The molecule has 0 unspecified atom stereocenters. The largest absolute Gasteiger partial charge is 0.478 e. The first-order chi connectivity index (χ1) is 22.8. The number of carboxylic acid groups (broad SMARTS) is 1. The van der Waals surface area contributed by atoms with Crippen LogP contribution in [-0.2, 0) is 13.1 Å². The number of H-pyrrole nitrogens is 1. The zero-order valence-electron chi connectivity index (χ0n) is 25.2. The molecule has 1 aliphatic rings. The summed E-state index contributed by atoms with van der Waals surface area (Å²) in [5.41, 5.74) is 11.3. The molecule has 6 aromatic rings. The molecule has 7 heterocycles. The van der Waals surface area contributed by atoms with Gasteiger partial charge in [0.15, 0.2) is 0 Å². The second kappa shape index (κ2) is 14.3. The number of anilines is 2. The summed E-state index contributed by atoms with van der Waals surface area (Å²) in [6.07, 6.45) is 18.6. The van der Waals surface area contributed by atoms with Crippen molar-refractivity contribution in [2.75, 3.05) is 23.3 Å². The lowest BCUT2D eigenvalue weighted by Crippen LogP contribution is -2.43. The number of aromatic carboxylic acids is 1. The predicted octanol–water partition coefficient (Wildman–Crippen LogP) is 4.17. The molecule has 0 radical (unpaired) electrons. The van der Waals surface area contributed by atoms with E-state index in [1.54, 1.807) is 58.9 Å². The van der Waals surface area contributed by atoms with Gasteiger partial charge in [0.25, 0.3) is 5.91 Å². The van der Waals surface area contributed by atoms with Gasteiger partial charge >= 0.3 is 5.97 Å². The van der Waals surface area contributed by atoms with E-state index in [1.807, 2.05) is 24.3 Å². The molecule has 1 atom stereocenters. The van der Waals surface area contributed by atoms with E-state index in [-0.39, 0.29) is 17.5 Å². The maximum Gasteiger partial charge on any atom is 0.338 e. The number of halogens is 1. The first-order valence-electron chi connectivity index (χ1n) is 14.9. The van der Waals surface area contributed by atoms with Gasteiger partial charge in [-0.25, -0.2) is 9.78 Å². The highest BCUT2D eigenvalue weighted by Gasteiger charge is 2.24. The third kappa shape index (κ3) is 7.70. The smallest absolute Gasteiger partial charge is 0.338 e. The Kier molecular flexibility index (Phi) is 9.64. The van der Waals surface area contributed by atoms with Crippen molar-refractivity contribution in [2.24, 2.45) is 5.73 Å². The third-order valence-electron chi connectivity index (χ3n) is 7.59. The fraction of sp³-hybridized carbons (Fsp3) is 0.219. The average molecular weight is 699 g/mol. The normalized spacial score (nSPS) is 14.4. The van der Waals surface area contributed by atoms with E-state index in [4.69, 9.17) is 10.8 Å². The van der Waals surface area contributed by atoms with Crippen molar-refractivity contribution in [3.8, 4) is 0 Å². The number of carbonyl (C=O) groups excluding carboxylic acids is 1. The fourth-order valence-corrected chi connectivity index (χ4v) is 5.90. The second-order valence-electron chi connectivity index (χ2n) is 11.1. The Morgan fingerprint density at radius 3 is 2.43 bits per heavy atom. The number of carbonyl (C=O) groups is 2. The lowest BCUT2D eigenvalue weighted by atomic mass is 10.1. The molecule has 47 heavy (non-hydrogen) atoms. The number of rotatable bonds is 8. The lowest BCUT2D eigenvalue weighted by molar-refractivity contribution is 0.0696. The van der Waals surface area contributed by atoms with E-state index in [9.17, 15) is 9.59 Å². The summed E-state index contributed by atoms with van der Waals surface area (Å²) in [5, 5.41) is 20.9. The molecule has 1 amide bonds. The Hall–Kier alpha value is -5.41. The molecule has 7 rings (SSSR count). The number of carboxylic acids is 1. The summed E-state index contributed by atoms with van der Waals surface area (Å²) in [4.78, 5) is 41.5. The Morgan fingerprint density at radius 1 is 0.979 bits per heavy atom. The van der Waals surface area contributed by atoms with E-state index < -0.39 is 5.97 Å². The van der Waals surface area contributed by atoms with Gasteiger partial charge in [0.05, 0.1) is 57.8 Å². The van der Waals surface area contributed by atoms with Crippen LogP contribution in [0.5, 0.6) is 0 Å². The van der Waals surface area contributed by atoms with Crippen LogP contribution in [0.1, 0.15) is 44.7 Å². The number of nitrogens with one attached hydrogen (secondary N) is 2. The van der Waals surface area contributed by atoms with Crippen LogP contribution in [0, 0.1) is 0 Å². The minimum absolute atomic E-state index is 0.126. The van der Waals surface area contributed by atoms with E-state index in [0.717, 1.165) is 52.6 Å². The maximum absolute atomic E-state index is 13.0. The summed E-state index contributed by atoms with van der Waals surface area (Å²) in [5.74, 6) is -1.19. The number of aromatic amines is 1. The Labute approximate surface area is 277 Å². The highest BCUT2D eigenvalue weighted by Crippen LogP contribution is 2.39. The number of pyridine rings is 3. The van der Waals surface area contributed by atoms with Gasteiger partial charge in [-0.3, -0.25) is 24.1 Å². The molecule has 0 aromatic carbocycles. The van der Waals surface area contributed by atoms with E-state index in [2.05, 4.69) is 56.3 Å². The standard InChI is InChI=1S/C22H23BrN8O.C10H9N3O2/c23-17-9-26-21-19(20(17)30-6-2-4-16(24)13-30)18(10-27-21)29-22(32)15-8-28-31(12-15)11-14-3-1-5-25-7-14;14-10(15)9-5-12-13(7-9)6-8-1-3-11-4-2-8/h1,3,5,7-10,12,16H,2,4,6,11,13,24H2,(H,26,27)(H,29,32);1-5,7H,6H2,(H,14,15)/t16-;/m1./s1. The van der Waals surface area contributed by atoms with Crippen LogP contribution in [0.15, 0.2) is 90.7 Å². The van der Waals surface area contributed by atoms with Crippen molar-refractivity contribution >= 4 is 50.2 Å². The third-order valence-corrected chi connectivity index (χ3v) is 8.17. The van der Waals surface area contributed by atoms with Crippen molar-refractivity contribution < 1.29 is 14.7 Å². The molecule has 0 bridgehead atoms. The number of nitrogens with two attached hydrogens (primary N) is 1. The molecule has 0 aliphatic carbocycles. The summed E-state index contributed by atoms with van der Waals surface area (Å²) < 4.78 is 4.18. The first-order valence-corrected chi connectivity index (χ1v) is 15.7. The lowest BCUT2D eigenvalue weighted by Gasteiger charge is -2.33. The Morgan fingerprint density at radius 2 is 1.72 bits per heavy atom. The van der Waals surface area contributed by atoms with Crippen molar-refractivity contribution in [3.63, 3.8) is 0 Å². The van der Waals surface area contributed by atoms with E-state index in [1.165, 1.54) is 12.4 Å². The van der Waals surface area contributed by atoms with Crippen LogP contribution in [-0.4, -0.2) is 75.6 Å². The first kappa shape index (κ1) is 31.6. The summed E-state index contributed by atoms with van der Waals surface area (Å²) in [7, 11) is 0. The van der Waals surface area contributed by atoms with Crippen LogP contribution >= 0.6 is 15.9 Å². The SMILES string of the molecule is N[C@@H]1CCCN(c2c(Br)cnc3[nH]cc(NC(=O)c4cnn(Cc5cccnc5)c4)c23)C1.O=C(O)c1cnn(Cc2ccncc2)c1. The quantitative estimate of drug-likeness (QED) is 0.180. The zero-order chi connectivity index (χ0) is 32.8. The molecular weight excluding hydrogens is 666 g/mol. The fourth-order valence-electron chi connectivity index (χ4n) is 5.35. The van der Waals surface area contributed by atoms with Gasteiger partial charge in [-0.1, -0.05) is 6.07 Å². The molecule has 240 valence electrons. The number of amides is 1. The topological polar surface area (TPSA) is 186 Å². The summed E-state index contributed by atoms with van der Waals surface area (Å²) in [6, 6.07) is 7.70. The minimum Gasteiger partial charge on any atom is -0.478 e. The monoisotopic (exact) mass is 697 g/mol. The van der Waals surface area contributed by atoms with Crippen LogP contribution in [0.2, 0.25) is 0 Å². The number of hydrogen-bond donors (Lipinski definition) is 4. The molecule has 1 fully saturated rings. The molecule has 1 aliphatic heterocycles. The van der Waals surface area contributed by atoms with Gasteiger partial charge in [-0.2, -0.15) is 10.2 Å². The summed E-state index contributed by atoms with van der Waals surface area (Å²) in [6.45, 7) is 2.77. The highest BCUT2D eigenvalue weighted by molar-refractivity contribution is 9.10. The maximum atomic E-state index is 13.0. The van der Waals surface area contributed by atoms with Gasteiger partial charge < -0.3 is 26.0 Å². The van der Waals surface area contributed by atoms with Gasteiger partial charge in [0.1, 0.15) is 5.65 Å². The minimum atomic E-state index is -0.962. The van der Waals surface area contributed by atoms with Crippen LogP contribution in [0.4, 0.5) is 11.4 Å². The van der Waals surface area contributed by atoms with Crippen molar-refractivity contribution in [3.05, 3.63) is 113 Å². The number of fused-ring (bicyclic) bond motifs is 1. The van der Waals surface area contributed by atoms with Crippen LogP contribution < -0.4 is 16.0 Å². The molecule has 0 spiro atoms. The highest BCUT2D eigenvalue weighted by atomic mass is 79.9. The second-order valence-corrected chi connectivity index (χ2v) is 11.9. The summed E-state index contributed by atoms with van der Waals surface area (Å²) >= 11 is 3.65. The van der Waals surface area contributed by atoms with Crippen molar-refractivity contribution in [2.45, 2.75) is 32.0 Å². The zero-order valence-corrected chi connectivity index (χ0v) is 26.8. The molecule has 15 heteroatoms. The number of aromatic nitrogens is 8. The number of hydrogen-bond acceptors (Lipinski definition) is 9. The Bertz CT molecular complexity index is 1970. The van der Waals surface area contributed by atoms with Gasteiger partial charge in [-0.15, -0.1) is 0 Å². The van der Waals surface area contributed by atoms with Gasteiger partial charge in [0.2, 0.25) is 0 Å². The van der Waals surface area contributed by atoms with Gasteiger partial charge in [0, 0.05) is 68.7 Å². The van der Waals surface area contributed by atoms with Crippen LogP contribution in [0.3, 0.4) is 0 Å². The molecule has 14 nitrogen and oxygen atoms in total. The molecule has 0 saturated carbocycles. The van der Waals surface area contributed by atoms with E-state index >= 15 is 0 Å². The molecule has 1 saturated heterocycles. The van der Waals surface area contributed by atoms with E-state index in [0.29, 0.717) is 30.0 Å². The van der Waals surface area contributed by atoms with Crippen molar-refractivity contribution in [1.82, 2.24) is 39.5 Å². The molecule has 5 N–H and O–H groups in total. The predicted molar refractivity (Wildman–Crippen MR) is 179 cm³/mol. The van der Waals surface area contributed by atoms with Gasteiger partial charge in [-0.05, 0) is 58.1 Å². The average Bonchev–Trinajstić information content (AvgIpc) is 3.83. The number of piperidine rings is 1. The van der Waals surface area contributed by atoms with Crippen LogP contribution in [0.25, 0.3) is 11.0 Å². The molecular formula is C32H32BrN11O3. The van der Waals surface area contributed by atoms with Crippen molar-refractivity contribution in [1.29, 1.82) is 0 Å². The Balaban J connectivity index is 0.000000215.